The molecule has 64 valence electrons. The summed E-state index contributed by atoms with van der Waals surface area (Å²) in [4.78, 5) is 12.7. The van der Waals surface area contributed by atoms with E-state index in [1.807, 2.05) is 13.8 Å². The summed E-state index contributed by atoms with van der Waals surface area (Å²) in [5, 5.41) is 0. The molecule has 11 heavy (non-hydrogen) atoms. The van der Waals surface area contributed by atoms with E-state index in [0.29, 0.717) is 19.7 Å². The topological polar surface area (TPSA) is 55.6 Å². The molecule has 0 saturated carbocycles. The van der Waals surface area contributed by atoms with Crippen LogP contribution >= 0.6 is 0 Å². The number of nitrogens with two attached hydrogens (primary N) is 1. The molecule has 4 heteroatoms. The second-order valence-electron chi connectivity index (χ2n) is 3.28. The molecule has 0 aromatic heterocycles. The van der Waals surface area contributed by atoms with Gasteiger partial charge in [0, 0.05) is 6.54 Å². The standard InChI is InChI=1S/C7H14N2O2/c1-7(2,5-8)9-3-4-11-6(9)10/h3-5,8H2,1-2H3. The average Bonchev–Trinajstić information content (AvgIpc) is 2.36. The van der Waals surface area contributed by atoms with E-state index in [9.17, 15) is 4.79 Å². The molecule has 1 aliphatic heterocycles. The van der Waals surface area contributed by atoms with Gasteiger partial charge in [0.15, 0.2) is 0 Å². The number of nitrogens with zero attached hydrogens (tertiary/aromatic N) is 1. The quantitative estimate of drug-likeness (QED) is 0.623. The lowest BCUT2D eigenvalue weighted by Crippen LogP contribution is -2.49. The predicted octanol–water partition coefficient (Wildman–Crippen LogP) is 0.176. The highest BCUT2D eigenvalue weighted by molar-refractivity contribution is 5.70. The van der Waals surface area contributed by atoms with Crippen LogP contribution in [0.25, 0.3) is 0 Å². The van der Waals surface area contributed by atoms with E-state index in [1.165, 1.54) is 0 Å². The number of carbonyl (C=O) groups excluding carboxylic acids is 1. The maximum absolute atomic E-state index is 11.0. The molecule has 1 saturated heterocycles. The summed E-state index contributed by atoms with van der Waals surface area (Å²) in [6.45, 7) is 5.46. The monoisotopic (exact) mass is 158 g/mol. The average molecular weight is 158 g/mol. The van der Waals surface area contributed by atoms with E-state index in [-0.39, 0.29) is 11.6 Å². The van der Waals surface area contributed by atoms with Crippen LogP contribution in [0.1, 0.15) is 13.8 Å². The lowest BCUT2D eigenvalue weighted by atomic mass is 10.0. The van der Waals surface area contributed by atoms with Crippen molar-refractivity contribution in [1.82, 2.24) is 4.90 Å². The zero-order valence-corrected chi connectivity index (χ0v) is 6.96. The summed E-state index contributed by atoms with van der Waals surface area (Å²) in [6, 6.07) is 0. The van der Waals surface area contributed by atoms with E-state index in [2.05, 4.69) is 0 Å². The first kappa shape index (κ1) is 8.33. The fourth-order valence-corrected chi connectivity index (χ4v) is 1.05. The summed E-state index contributed by atoms with van der Waals surface area (Å²) in [7, 11) is 0. The molecule has 2 N–H and O–H groups in total. The van der Waals surface area contributed by atoms with Gasteiger partial charge in [0.05, 0.1) is 12.1 Å². The van der Waals surface area contributed by atoms with E-state index < -0.39 is 0 Å². The summed E-state index contributed by atoms with van der Waals surface area (Å²) < 4.78 is 4.79. The van der Waals surface area contributed by atoms with E-state index in [0.717, 1.165) is 0 Å². The number of cyclic esters (lactones) is 1. The van der Waals surface area contributed by atoms with Crippen molar-refractivity contribution in [3.8, 4) is 0 Å². The Balaban J connectivity index is 2.65. The van der Waals surface area contributed by atoms with Gasteiger partial charge in [-0.2, -0.15) is 0 Å². The van der Waals surface area contributed by atoms with Gasteiger partial charge in [-0.05, 0) is 13.8 Å². The largest absolute Gasteiger partial charge is 0.448 e. The van der Waals surface area contributed by atoms with Crippen molar-refractivity contribution < 1.29 is 9.53 Å². The van der Waals surface area contributed by atoms with Gasteiger partial charge in [-0.25, -0.2) is 4.79 Å². The Hall–Kier alpha value is -0.770. The summed E-state index contributed by atoms with van der Waals surface area (Å²) in [6.07, 6.45) is -0.250. The van der Waals surface area contributed by atoms with Crippen LogP contribution in [0.15, 0.2) is 0 Å². The van der Waals surface area contributed by atoms with Crippen molar-refractivity contribution in [3.05, 3.63) is 0 Å². The lowest BCUT2D eigenvalue weighted by molar-refractivity contribution is 0.129. The third-order valence-corrected chi connectivity index (χ3v) is 1.99. The molecule has 0 atom stereocenters. The lowest BCUT2D eigenvalue weighted by Gasteiger charge is -2.31. The van der Waals surface area contributed by atoms with Gasteiger partial charge >= 0.3 is 6.09 Å². The number of ether oxygens (including phenoxy) is 1. The number of hydrogen-bond donors (Lipinski definition) is 1. The molecule has 0 aromatic rings. The predicted molar refractivity (Wildman–Crippen MR) is 41.2 cm³/mol. The van der Waals surface area contributed by atoms with E-state index >= 15 is 0 Å². The summed E-state index contributed by atoms with van der Waals surface area (Å²) >= 11 is 0. The van der Waals surface area contributed by atoms with Crippen LogP contribution in [-0.4, -0.2) is 36.2 Å². The second-order valence-corrected chi connectivity index (χ2v) is 3.28. The highest BCUT2D eigenvalue weighted by atomic mass is 16.6. The van der Waals surface area contributed by atoms with Gasteiger partial charge in [-0.3, -0.25) is 4.90 Å². The molecule has 0 radical (unpaired) electrons. The Labute approximate surface area is 66.3 Å². The Morgan fingerprint density at radius 1 is 1.73 bits per heavy atom. The number of carbonyl (C=O) groups is 1. The maximum Gasteiger partial charge on any atom is 0.410 e. The molecule has 0 bridgehead atoms. The van der Waals surface area contributed by atoms with Gasteiger partial charge in [0.2, 0.25) is 0 Å². The molecule has 1 heterocycles. The number of hydrogen-bond acceptors (Lipinski definition) is 3. The van der Waals surface area contributed by atoms with Crippen LogP contribution in [0.4, 0.5) is 4.79 Å². The van der Waals surface area contributed by atoms with Crippen molar-refractivity contribution in [1.29, 1.82) is 0 Å². The van der Waals surface area contributed by atoms with Crippen molar-refractivity contribution in [2.24, 2.45) is 5.73 Å². The van der Waals surface area contributed by atoms with Gasteiger partial charge in [0.1, 0.15) is 6.61 Å². The van der Waals surface area contributed by atoms with E-state index in [4.69, 9.17) is 10.5 Å². The normalized spacial score (nSPS) is 18.8. The molecule has 1 rings (SSSR count). The number of rotatable bonds is 2. The molecular formula is C7H14N2O2. The maximum atomic E-state index is 11.0. The minimum atomic E-state index is -0.270. The minimum Gasteiger partial charge on any atom is -0.448 e. The molecule has 0 unspecified atom stereocenters. The van der Waals surface area contributed by atoms with Crippen LogP contribution in [0.2, 0.25) is 0 Å². The molecule has 1 fully saturated rings. The van der Waals surface area contributed by atoms with Crippen molar-refractivity contribution in [3.63, 3.8) is 0 Å². The van der Waals surface area contributed by atoms with Crippen molar-refractivity contribution in [2.45, 2.75) is 19.4 Å². The first-order chi connectivity index (χ1) is 5.08. The van der Waals surface area contributed by atoms with Crippen molar-refractivity contribution in [2.75, 3.05) is 19.7 Å². The molecule has 1 amide bonds. The van der Waals surface area contributed by atoms with Gasteiger partial charge < -0.3 is 10.5 Å². The highest BCUT2D eigenvalue weighted by Gasteiger charge is 2.34. The van der Waals surface area contributed by atoms with Gasteiger partial charge in [0.25, 0.3) is 0 Å². The summed E-state index contributed by atoms with van der Waals surface area (Å²) in [5.41, 5.74) is 5.23. The van der Waals surface area contributed by atoms with Gasteiger partial charge in [-0.15, -0.1) is 0 Å². The highest BCUT2D eigenvalue weighted by Crippen LogP contribution is 2.17. The third kappa shape index (κ3) is 1.45. The molecule has 4 nitrogen and oxygen atoms in total. The molecule has 0 aliphatic carbocycles. The van der Waals surface area contributed by atoms with Crippen LogP contribution in [0.5, 0.6) is 0 Å². The van der Waals surface area contributed by atoms with E-state index in [1.54, 1.807) is 4.90 Å². The first-order valence-electron chi connectivity index (χ1n) is 3.72. The molecule has 0 spiro atoms. The van der Waals surface area contributed by atoms with Crippen LogP contribution in [0, 0.1) is 0 Å². The second kappa shape index (κ2) is 2.70. The zero-order chi connectivity index (χ0) is 8.48. The Morgan fingerprint density at radius 2 is 2.36 bits per heavy atom. The Kier molecular flexibility index (Phi) is 2.04. The van der Waals surface area contributed by atoms with Crippen LogP contribution in [0.3, 0.4) is 0 Å². The minimum absolute atomic E-state index is 0.250. The summed E-state index contributed by atoms with van der Waals surface area (Å²) in [5.74, 6) is 0. The van der Waals surface area contributed by atoms with Crippen LogP contribution < -0.4 is 5.73 Å². The zero-order valence-electron chi connectivity index (χ0n) is 6.96. The SMILES string of the molecule is CC(C)(CN)N1CCOC1=O. The number of amides is 1. The third-order valence-electron chi connectivity index (χ3n) is 1.99. The Bertz CT molecular complexity index is 168. The first-order valence-corrected chi connectivity index (χ1v) is 3.72. The van der Waals surface area contributed by atoms with Gasteiger partial charge in [-0.1, -0.05) is 0 Å². The van der Waals surface area contributed by atoms with Crippen LogP contribution in [-0.2, 0) is 4.74 Å². The Morgan fingerprint density at radius 3 is 2.73 bits per heavy atom. The fourth-order valence-electron chi connectivity index (χ4n) is 1.05. The molecule has 1 aliphatic rings. The molecular weight excluding hydrogens is 144 g/mol. The van der Waals surface area contributed by atoms with Crippen molar-refractivity contribution >= 4 is 6.09 Å². The smallest absolute Gasteiger partial charge is 0.410 e. The molecule has 0 aromatic carbocycles. The fraction of sp³-hybridized carbons (Fsp3) is 0.857.